The Kier molecular flexibility index (Phi) is 3.54. The zero-order valence-corrected chi connectivity index (χ0v) is 13.2. The van der Waals surface area contributed by atoms with E-state index in [1.54, 1.807) is 0 Å². The summed E-state index contributed by atoms with van der Waals surface area (Å²) >= 11 is 0. The molecule has 0 spiro atoms. The van der Waals surface area contributed by atoms with Crippen molar-refractivity contribution in [3.05, 3.63) is 48.4 Å². The number of anilines is 3. The lowest BCUT2D eigenvalue weighted by Gasteiger charge is -2.18. The van der Waals surface area contributed by atoms with Gasteiger partial charge in [0.1, 0.15) is 17.5 Å². The molecule has 1 N–H and O–H groups in total. The zero-order valence-electron chi connectivity index (χ0n) is 13.2. The maximum atomic E-state index is 4.58. The van der Waals surface area contributed by atoms with Crippen LogP contribution in [0.1, 0.15) is 18.7 Å². The molecule has 5 nitrogen and oxygen atoms in total. The van der Waals surface area contributed by atoms with Gasteiger partial charge < -0.3 is 10.2 Å². The third kappa shape index (κ3) is 2.82. The highest BCUT2D eigenvalue weighted by atomic mass is 15.2. The number of fused-ring (bicyclic) bond motifs is 1. The molecular formula is C18H19N5. The van der Waals surface area contributed by atoms with Crippen molar-refractivity contribution < 1.29 is 0 Å². The Morgan fingerprint density at radius 3 is 2.74 bits per heavy atom. The number of benzene rings is 1. The van der Waals surface area contributed by atoms with Gasteiger partial charge in [-0.05, 0) is 31.9 Å². The minimum atomic E-state index is 0.782. The predicted molar refractivity (Wildman–Crippen MR) is 93.2 cm³/mol. The maximum absolute atomic E-state index is 4.58. The van der Waals surface area contributed by atoms with Gasteiger partial charge in [-0.1, -0.05) is 18.2 Å². The molecule has 0 radical (unpaired) electrons. The summed E-state index contributed by atoms with van der Waals surface area (Å²) in [5.41, 5.74) is 1.92. The summed E-state index contributed by atoms with van der Waals surface area (Å²) < 4.78 is 0. The molecule has 0 atom stereocenters. The Hall–Kier alpha value is -2.69. The molecule has 1 aliphatic rings. The summed E-state index contributed by atoms with van der Waals surface area (Å²) in [6.07, 6.45) is 4.28. The number of para-hydroxylation sites is 1. The number of nitrogens with zero attached hydrogens (tertiary/aromatic N) is 4. The molecule has 1 fully saturated rings. The first-order chi connectivity index (χ1) is 11.3. The van der Waals surface area contributed by atoms with Crippen LogP contribution in [0.15, 0.2) is 42.6 Å². The summed E-state index contributed by atoms with van der Waals surface area (Å²) in [4.78, 5) is 15.9. The molecule has 3 aromatic rings. The SMILES string of the molecule is Cc1nc(Nc2cccc3cccnc23)cc(N2CCCC2)n1. The lowest BCUT2D eigenvalue weighted by atomic mass is 10.2. The van der Waals surface area contributed by atoms with Gasteiger partial charge in [-0.2, -0.15) is 0 Å². The van der Waals surface area contributed by atoms with E-state index in [2.05, 4.69) is 37.3 Å². The summed E-state index contributed by atoms with van der Waals surface area (Å²) in [5, 5.41) is 4.53. The van der Waals surface area contributed by atoms with Crippen LogP contribution < -0.4 is 10.2 Å². The fraction of sp³-hybridized carbons (Fsp3) is 0.278. The van der Waals surface area contributed by atoms with Gasteiger partial charge >= 0.3 is 0 Å². The molecule has 1 aliphatic heterocycles. The van der Waals surface area contributed by atoms with E-state index in [1.165, 1.54) is 12.8 Å². The predicted octanol–water partition coefficient (Wildman–Crippen LogP) is 3.68. The molecule has 0 aliphatic carbocycles. The van der Waals surface area contributed by atoms with E-state index >= 15 is 0 Å². The van der Waals surface area contributed by atoms with E-state index in [1.807, 2.05) is 37.4 Å². The maximum Gasteiger partial charge on any atom is 0.136 e. The van der Waals surface area contributed by atoms with Crippen LogP contribution in [-0.4, -0.2) is 28.0 Å². The minimum Gasteiger partial charge on any atom is -0.356 e. The topological polar surface area (TPSA) is 53.9 Å². The van der Waals surface area contributed by atoms with Crippen molar-refractivity contribution in [2.75, 3.05) is 23.3 Å². The van der Waals surface area contributed by atoms with Gasteiger partial charge in [-0.25, -0.2) is 9.97 Å². The molecule has 23 heavy (non-hydrogen) atoms. The molecular weight excluding hydrogens is 286 g/mol. The molecule has 1 aromatic carbocycles. The van der Waals surface area contributed by atoms with Crippen LogP contribution in [0.25, 0.3) is 10.9 Å². The number of rotatable bonds is 3. The van der Waals surface area contributed by atoms with Crippen molar-refractivity contribution in [2.24, 2.45) is 0 Å². The number of nitrogens with one attached hydrogen (secondary N) is 1. The fourth-order valence-corrected chi connectivity index (χ4v) is 3.07. The monoisotopic (exact) mass is 305 g/mol. The second-order valence-corrected chi connectivity index (χ2v) is 5.86. The van der Waals surface area contributed by atoms with Gasteiger partial charge in [0, 0.05) is 30.7 Å². The molecule has 5 heteroatoms. The van der Waals surface area contributed by atoms with Crippen molar-refractivity contribution >= 4 is 28.2 Å². The fourth-order valence-electron chi connectivity index (χ4n) is 3.07. The highest BCUT2D eigenvalue weighted by Crippen LogP contribution is 2.26. The largest absolute Gasteiger partial charge is 0.356 e. The van der Waals surface area contributed by atoms with Crippen molar-refractivity contribution in [3.63, 3.8) is 0 Å². The van der Waals surface area contributed by atoms with Crippen LogP contribution in [0.2, 0.25) is 0 Å². The zero-order chi connectivity index (χ0) is 15.6. The molecule has 0 bridgehead atoms. The van der Waals surface area contributed by atoms with Crippen molar-refractivity contribution in [2.45, 2.75) is 19.8 Å². The number of hydrogen-bond donors (Lipinski definition) is 1. The molecule has 0 saturated carbocycles. The van der Waals surface area contributed by atoms with Crippen molar-refractivity contribution in [1.29, 1.82) is 0 Å². The van der Waals surface area contributed by atoms with Gasteiger partial charge in [0.2, 0.25) is 0 Å². The second kappa shape index (κ2) is 5.83. The van der Waals surface area contributed by atoms with Crippen molar-refractivity contribution in [3.8, 4) is 0 Å². The summed E-state index contributed by atoms with van der Waals surface area (Å²) in [7, 11) is 0. The molecule has 2 aromatic heterocycles. The van der Waals surface area contributed by atoms with Crippen LogP contribution in [0.4, 0.5) is 17.3 Å². The van der Waals surface area contributed by atoms with E-state index in [0.29, 0.717) is 0 Å². The molecule has 0 unspecified atom stereocenters. The highest BCUT2D eigenvalue weighted by molar-refractivity contribution is 5.91. The van der Waals surface area contributed by atoms with Crippen LogP contribution in [0.5, 0.6) is 0 Å². The third-order valence-corrected chi connectivity index (χ3v) is 4.15. The number of aromatic nitrogens is 3. The first kappa shape index (κ1) is 13.9. The molecule has 0 amide bonds. The summed E-state index contributed by atoms with van der Waals surface area (Å²) in [6.45, 7) is 4.09. The smallest absolute Gasteiger partial charge is 0.136 e. The Labute approximate surface area is 135 Å². The minimum absolute atomic E-state index is 0.782. The molecule has 4 rings (SSSR count). The van der Waals surface area contributed by atoms with Crippen LogP contribution in [-0.2, 0) is 0 Å². The Morgan fingerprint density at radius 1 is 1.04 bits per heavy atom. The number of aryl methyl sites for hydroxylation is 1. The van der Waals surface area contributed by atoms with Gasteiger partial charge in [-0.3, -0.25) is 4.98 Å². The molecule has 116 valence electrons. The number of pyridine rings is 1. The van der Waals surface area contributed by atoms with Gasteiger partial charge in [0.05, 0.1) is 11.2 Å². The van der Waals surface area contributed by atoms with E-state index in [-0.39, 0.29) is 0 Å². The standard InChI is InChI=1S/C18H19N5/c1-13-20-16(12-17(21-13)23-10-2-3-11-23)22-15-8-4-6-14-7-5-9-19-18(14)15/h4-9,12H,2-3,10-11H2,1H3,(H,20,21,22). The first-order valence-electron chi connectivity index (χ1n) is 8.01. The van der Waals surface area contributed by atoms with Gasteiger partial charge in [0.15, 0.2) is 0 Å². The molecule has 3 heterocycles. The average molecular weight is 305 g/mol. The Morgan fingerprint density at radius 2 is 1.87 bits per heavy atom. The lowest BCUT2D eigenvalue weighted by molar-refractivity contribution is 0.912. The highest BCUT2D eigenvalue weighted by Gasteiger charge is 2.15. The van der Waals surface area contributed by atoms with Gasteiger partial charge in [0.25, 0.3) is 0 Å². The summed E-state index contributed by atoms with van der Waals surface area (Å²) in [5.74, 6) is 2.60. The van der Waals surface area contributed by atoms with Gasteiger partial charge in [-0.15, -0.1) is 0 Å². The quantitative estimate of drug-likeness (QED) is 0.800. The Balaban J connectivity index is 1.70. The second-order valence-electron chi connectivity index (χ2n) is 5.86. The average Bonchev–Trinajstić information content (AvgIpc) is 3.09. The lowest BCUT2D eigenvalue weighted by Crippen LogP contribution is -2.19. The van der Waals surface area contributed by atoms with Crippen LogP contribution >= 0.6 is 0 Å². The van der Waals surface area contributed by atoms with Crippen LogP contribution in [0, 0.1) is 6.92 Å². The van der Waals surface area contributed by atoms with E-state index in [9.17, 15) is 0 Å². The number of hydrogen-bond acceptors (Lipinski definition) is 5. The normalized spacial score (nSPS) is 14.4. The van der Waals surface area contributed by atoms with Crippen molar-refractivity contribution in [1.82, 2.24) is 15.0 Å². The van der Waals surface area contributed by atoms with E-state index in [4.69, 9.17) is 0 Å². The first-order valence-corrected chi connectivity index (χ1v) is 8.01. The van der Waals surface area contributed by atoms with Crippen LogP contribution in [0.3, 0.4) is 0 Å². The molecule has 1 saturated heterocycles. The Bertz CT molecular complexity index is 834. The third-order valence-electron chi connectivity index (χ3n) is 4.15. The van der Waals surface area contributed by atoms with E-state index < -0.39 is 0 Å². The summed E-state index contributed by atoms with van der Waals surface area (Å²) in [6, 6.07) is 12.2. The van der Waals surface area contributed by atoms with E-state index in [0.717, 1.165) is 47.1 Å².